The van der Waals surface area contributed by atoms with Gasteiger partial charge in [0.2, 0.25) is 12.3 Å². The molecule has 3 rings (SSSR count). The number of alkyl halides is 3. The first-order valence-corrected chi connectivity index (χ1v) is 13.3. The first-order chi connectivity index (χ1) is 19.0. The number of halogens is 3. The van der Waals surface area contributed by atoms with E-state index in [4.69, 9.17) is 11.5 Å². The van der Waals surface area contributed by atoms with Crippen LogP contribution in [0.2, 0.25) is 0 Å². The topological polar surface area (TPSA) is 131 Å². The summed E-state index contributed by atoms with van der Waals surface area (Å²) in [4.78, 5) is 34.1. The molecule has 1 aliphatic rings. The molecule has 40 heavy (non-hydrogen) atoms. The largest absolute Gasteiger partial charge is 0.416 e. The number of anilines is 1. The molecule has 0 radical (unpaired) electrons. The fraction of sp³-hybridized carbons (Fsp3) is 0.483. The summed E-state index contributed by atoms with van der Waals surface area (Å²) in [5.41, 5.74) is 11.7. The van der Waals surface area contributed by atoms with Gasteiger partial charge in [-0.3, -0.25) is 9.59 Å². The maximum absolute atomic E-state index is 12.1. The molecule has 2 atom stereocenters. The van der Waals surface area contributed by atoms with Crippen molar-refractivity contribution >= 4 is 24.3 Å². The summed E-state index contributed by atoms with van der Waals surface area (Å²) in [5, 5.41) is 4.95. The molecule has 1 aliphatic heterocycles. The molecule has 11 heteroatoms. The van der Waals surface area contributed by atoms with Gasteiger partial charge < -0.3 is 31.8 Å². The quantitative estimate of drug-likeness (QED) is 0.326. The van der Waals surface area contributed by atoms with Gasteiger partial charge in [-0.2, -0.15) is 13.2 Å². The highest BCUT2D eigenvalue weighted by molar-refractivity contribution is 5.84. The highest BCUT2D eigenvalue weighted by atomic mass is 19.4. The lowest BCUT2D eigenvalue weighted by Gasteiger charge is -2.27. The van der Waals surface area contributed by atoms with E-state index in [1.165, 1.54) is 43.6 Å². The Bertz CT molecular complexity index is 1000. The molecular weight excluding hydrogens is 523 g/mol. The van der Waals surface area contributed by atoms with E-state index >= 15 is 0 Å². The highest BCUT2D eigenvalue weighted by Gasteiger charge is 2.30. The summed E-state index contributed by atoms with van der Waals surface area (Å²) in [6.07, 6.45) is 1.04. The van der Waals surface area contributed by atoms with E-state index in [9.17, 15) is 27.6 Å². The molecule has 6 N–H and O–H groups in total. The fourth-order valence-electron chi connectivity index (χ4n) is 3.81. The number of aryl methyl sites for hydroxylation is 1. The van der Waals surface area contributed by atoms with Crippen molar-refractivity contribution in [1.82, 2.24) is 10.2 Å². The van der Waals surface area contributed by atoms with Crippen LogP contribution in [0.5, 0.6) is 0 Å². The Balaban J connectivity index is 0.000000318. The van der Waals surface area contributed by atoms with Crippen LogP contribution in [-0.4, -0.2) is 62.3 Å². The minimum Gasteiger partial charge on any atom is -0.352 e. The molecule has 2 amide bonds. The van der Waals surface area contributed by atoms with Crippen LogP contribution in [0.4, 0.5) is 18.9 Å². The maximum Gasteiger partial charge on any atom is 0.416 e. The van der Waals surface area contributed by atoms with Gasteiger partial charge in [0.05, 0.1) is 11.6 Å². The van der Waals surface area contributed by atoms with Crippen LogP contribution in [0.25, 0.3) is 0 Å². The average Bonchev–Trinajstić information content (AvgIpc) is 2.94. The first kappa shape index (κ1) is 34.7. The number of nitrogens with one attached hydrogen (secondary N) is 2. The lowest BCUT2D eigenvalue weighted by molar-refractivity contribution is -0.137. The number of hydrogen-bond acceptors (Lipinski definition) is 6. The van der Waals surface area contributed by atoms with Crippen LogP contribution < -0.4 is 22.1 Å². The summed E-state index contributed by atoms with van der Waals surface area (Å²) >= 11 is 0. The molecule has 8 nitrogen and oxygen atoms in total. The zero-order valence-electron chi connectivity index (χ0n) is 23.2. The molecule has 222 valence electrons. The Morgan fingerprint density at radius 3 is 2.30 bits per heavy atom. The molecule has 0 bridgehead atoms. The van der Waals surface area contributed by atoms with Gasteiger partial charge in [-0.1, -0.05) is 36.4 Å². The number of hydrogen-bond donors (Lipinski definition) is 4. The fourth-order valence-corrected chi connectivity index (χ4v) is 3.81. The van der Waals surface area contributed by atoms with Crippen LogP contribution >= 0.6 is 0 Å². The Kier molecular flexibility index (Phi) is 16.4. The zero-order valence-corrected chi connectivity index (χ0v) is 23.2. The second kappa shape index (κ2) is 18.9. The predicted molar refractivity (Wildman–Crippen MR) is 151 cm³/mol. The van der Waals surface area contributed by atoms with E-state index in [0.717, 1.165) is 37.4 Å². The third-order valence-electron chi connectivity index (χ3n) is 6.37. The van der Waals surface area contributed by atoms with Crippen LogP contribution in [-0.2, 0) is 27.0 Å². The van der Waals surface area contributed by atoms with Gasteiger partial charge in [0, 0.05) is 18.2 Å². The molecule has 2 aromatic rings. The number of piperidine rings is 1. The van der Waals surface area contributed by atoms with E-state index in [1.807, 2.05) is 25.1 Å². The lowest BCUT2D eigenvalue weighted by Crippen LogP contribution is -2.44. The van der Waals surface area contributed by atoms with Crippen molar-refractivity contribution in [2.75, 3.05) is 32.0 Å². The third kappa shape index (κ3) is 14.8. The second-order valence-electron chi connectivity index (χ2n) is 9.77. The minimum atomic E-state index is -4.37. The maximum atomic E-state index is 12.1. The molecule has 1 unspecified atom stereocenters. The molecule has 0 aliphatic carbocycles. The SMILES string of the molecule is CN1CCC(CN)CC1.C[C@H](CCc1ccccc1)NC(=O)C(N)CC=O.O=CNc1cccc(C(F)(F)F)c1. The van der Waals surface area contributed by atoms with E-state index in [2.05, 4.69) is 34.7 Å². The zero-order chi connectivity index (χ0) is 30.0. The van der Waals surface area contributed by atoms with Gasteiger partial charge in [0.25, 0.3) is 0 Å². The Morgan fingerprint density at radius 2 is 1.75 bits per heavy atom. The van der Waals surface area contributed by atoms with Gasteiger partial charge in [-0.15, -0.1) is 0 Å². The lowest BCUT2D eigenvalue weighted by atomic mass is 9.98. The van der Waals surface area contributed by atoms with Crippen molar-refractivity contribution in [3.05, 3.63) is 65.7 Å². The molecule has 1 fully saturated rings. The summed E-state index contributed by atoms with van der Waals surface area (Å²) in [6, 6.07) is 13.8. The minimum absolute atomic E-state index is 0.0513. The number of carbonyl (C=O) groups is 3. The Hall–Kier alpha value is -3.28. The monoisotopic (exact) mass is 565 g/mol. The Labute approximate surface area is 234 Å². The molecule has 2 aromatic carbocycles. The van der Waals surface area contributed by atoms with Gasteiger partial charge >= 0.3 is 6.18 Å². The summed E-state index contributed by atoms with van der Waals surface area (Å²) < 4.78 is 36.3. The molecule has 0 aromatic heterocycles. The number of nitrogens with zero attached hydrogens (tertiary/aromatic N) is 1. The number of amides is 2. The normalized spacial score (nSPS) is 15.3. The first-order valence-electron chi connectivity index (χ1n) is 13.3. The number of carbonyl (C=O) groups excluding carboxylic acids is 3. The highest BCUT2D eigenvalue weighted by Crippen LogP contribution is 2.30. The van der Waals surface area contributed by atoms with E-state index < -0.39 is 17.8 Å². The summed E-state index contributed by atoms with van der Waals surface area (Å²) in [6.45, 7) is 5.30. The van der Waals surface area contributed by atoms with Crippen molar-refractivity contribution in [1.29, 1.82) is 0 Å². The van der Waals surface area contributed by atoms with Crippen molar-refractivity contribution in [2.24, 2.45) is 17.4 Å². The van der Waals surface area contributed by atoms with Crippen molar-refractivity contribution in [3.8, 4) is 0 Å². The smallest absolute Gasteiger partial charge is 0.352 e. The van der Waals surface area contributed by atoms with Crippen LogP contribution in [0.3, 0.4) is 0 Å². The summed E-state index contributed by atoms with van der Waals surface area (Å²) in [5.74, 6) is 0.545. The average molecular weight is 566 g/mol. The van der Waals surface area contributed by atoms with Gasteiger partial charge in [-0.05, 0) is 89.0 Å². The van der Waals surface area contributed by atoms with Gasteiger partial charge in [0.15, 0.2) is 0 Å². The Morgan fingerprint density at radius 1 is 1.10 bits per heavy atom. The van der Waals surface area contributed by atoms with Crippen LogP contribution in [0.15, 0.2) is 54.6 Å². The number of benzene rings is 2. The molecule has 1 heterocycles. The van der Waals surface area contributed by atoms with Gasteiger partial charge in [0.1, 0.15) is 6.29 Å². The molecule has 0 spiro atoms. The predicted octanol–water partition coefficient (Wildman–Crippen LogP) is 3.60. The van der Waals surface area contributed by atoms with E-state index in [-0.39, 0.29) is 24.1 Å². The third-order valence-corrected chi connectivity index (χ3v) is 6.37. The standard InChI is InChI=1S/C14H20N2O2.C8H6F3NO.C7H16N2/c1-11(16-14(18)13(15)9-10-17)7-8-12-5-3-2-4-6-12;9-8(10,11)6-2-1-3-7(4-6)12-5-13;1-9-4-2-7(6-8)3-5-9/h2-6,10-11,13H,7-9,15H2,1H3,(H,16,18);1-5H,(H,12,13);7H,2-6,8H2,1H3/t11-,13?;;/m1../s1. The van der Waals surface area contributed by atoms with E-state index in [0.29, 0.717) is 12.7 Å². The van der Waals surface area contributed by atoms with Crippen LogP contribution in [0, 0.1) is 5.92 Å². The molecular formula is C29H42F3N5O3. The van der Waals surface area contributed by atoms with Crippen molar-refractivity contribution < 1.29 is 27.6 Å². The van der Waals surface area contributed by atoms with E-state index in [1.54, 1.807) is 0 Å². The van der Waals surface area contributed by atoms with Gasteiger partial charge in [-0.25, -0.2) is 0 Å². The number of aldehydes is 1. The second-order valence-corrected chi connectivity index (χ2v) is 9.77. The summed E-state index contributed by atoms with van der Waals surface area (Å²) in [7, 11) is 2.17. The number of nitrogens with two attached hydrogens (primary N) is 2. The molecule has 1 saturated heterocycles. The number of rotatable bonds is 10. The van der Waals surface area contributed by atoms with Crippen molar-refractivity contribution in [3.63, 3.8) is 0 Å². The number of likely N-dealkylation sites (tertiary alicyclic amines) is 1. The van der Waals surface area contributed by atoms with Crippen LogP contribution in [0.1, 0.15) is 43.7 Å². The molecule has 0 saturated carbocycles. The van der Waals surface area contributed by atoms with Crippen molar-refractivity contribution in [2.45, 2.75) is 57.3 Å².